The second-order valence-corrected chi connectivity index (χ2v) is 10.5. The Balaban J connectivity index is 1.69. The fourth-order valence-corrected chi connectivity index (χ4v) is 5.80. The maximum absolute atomic E-state index is 13.7. The minimum atomic E-state index is -1.86. The highest BCUT2D eigenvalue weighted by Gasteiger charge is 2.49. The van der Waals surface area contributed by atoms with Crippen molar-refractivity contribution < 1.29 is 54.4 Å². The van der Waals surface area contributed by atoms with E-state index in [0.29, 0.717) is 0 Å². The van der Waals surface area contributed by atoms with Crippen LogP contribution < -0.4 is 10.5 Å². The first-order valence-corrected chi connectivity index (χ1v) is 12.6. The molecule has 0 radical (unpaired) electrons. The average molecular weight is 546 g/mol. The number of aliphatic hydroxyl groups is 3. The molecule has 0 saturated carbocycles. The molecule has 0 bridgehead atoms. The van der Waals surface area contributed by atoms with Crippen LogP contribution in [0.2, 0.25) is 0 Å². The van der Waals surface area contributed by atoms with Crippen LogP contribution in [0.4, 0.5) is 0 Å². The highest BCUT2D eigenvalue weighted by atomic mass is 16.7. The third-order valence-corrected chi connectivity index (χ3v) is 8.05. The zero-order valence-electron chi connectivity index (χ0n) is 21.5. The Hall–Kier alpha value is -3.26. The van der Waals surface area contributed by atoms with Gasteiger partial charge in [0, 0.05) is 36.4 Å². The SMILES string of the molecule is COc1ccc(O)c2c1C(=O)c1c(O)c3c(c(O)c1C2=O)C[C@@](O)(C(C)O)C[C@@H]3OC1CC(N)C(O)C(C)O1. The predicted octanol–water partition coefficient (Wildman–Crippen LogP) is 0.526. The van der Waals surface area contributed by atoms with Crippen molar-refractivity contribution in [3.05, 3.63) is 45.5 Å². The van der Waals surface area contributed by atoms with Crippen LogP contribution in [0.1, 0.15) is 75.8 Å². The van der Waals surface area contributed by atoms with E-state index in [1.165, 1.54) is 26.2 Å². The Kier molecular flexibility index (Phi) is 6.61. The molecular formula is C27H31NO11. The van der Waals surface area contributed by atoms with E-state index < -0.39 is 87.9 Å². The molecule has 1 heterocycles. The maximum Gasteiger partial charge on any atom is 0.202 e. The lowest BCUT2D eigenvalue weighted by atomic mass is 9.71. The van der Waals surface area contributed by atoms with E-state index in [0.717, 1.165) is 0 Å². The first-order valence-electron chi connectivity index (χ1n) is 12.6. The third kappa shape index (κ3) is 4.06. The smallest absolute Gasteiger partial charge is 0.202 e. The predicted molar refractivity (Wildman–Crippen MR) is 133 cm³/mol. The number of fused-ring (bicyclic) bond motifs is 3. The Labute approximate surface area is 223 Å². The molecule has 0 aromatic heterocycles. The summed E-state index contributed by atoms with van der Waals surface area (Å²) in [5.41, 5.74) is 2.27. The van der Waals surface area contributed by atoms with Crippen LogP contribution in [0, 0.1) is 0 Å². The van der Waals surface area contributed by atoms with E-state index in [1.807, 2.05) is 0 Å². The molecule has 5 rings (SSSR count). The number of aromatic hydroxyl groups is 3. The van der Waals surface area contributed by atoms with Crippen molar-refractivity contribution in [1.82, 2.24) is 0 Å². The van der Waals surface area contributed by atoms with Crippen molar-refractivity contribution >= 4 is 11.6 Å². The first kappa shape index (κ1) is 27.3. The number of phenolic OH excluding ortho intramolecular Hbond substituents is 3. The van der Waals surface area contributed by atoms with Gasteiger partial charge in [0.15, 0.2) is 6.29 Å². The molecule has 210 valence electrons. The number of ether oxygens (including phenoxy) is 3. The lowest BCUT2D eigenvalue weighted by molar-refractivity contribution is -0.250. The monoisotopic (exact) mass is 545 g/mol. The first-order chi connectivity index (χ1) is 18.3. The van der Waals surface area contributed by atoms with Gasteiger partial charge in [0.2, 0.25) is 11.6 Å². The number of hydrogen-bond acceptors (Lipinski definition) is 12. The fourth-order valence-electron chi connectivity index (χ4n) is 5.80. The van der Waals surface area contributed by atoms with E-state index in [9.17, 15) is 40.2 Å². The molecule has 1 saturated heterocycles. The van der Waals surface area contributed by atoms with Crippen LogP contribution >= 0.6 is 0 Å². The number of rotatable bonds is 4. The number of benzene rings is 2. The van der Waals surface area contributed by atoms with Crippen molar-refractivity contribution in [2.45, 2.75) is 75.5 Å². The molecular weight excluding hydrogens is 514 g/mol. The molecule has 8 N–H and O–H groups in total. The van der Waals surface area contributed by atoms with Crippen LogP contribution in [0.15, 0.2) is 12.1 Å². The summed E-state index contributed by atoms with van der Waals surface area (Å²) in [4.78, 5) is 27.2. The number of nitrogens with two attached hydrogens (primary N) is 1. The summed E-state index contributed by atoms with van der Waals surface area (Å²) in [5.74, 6) is -3.68. The molecule has 5 unspecified atom stereocenters. The van der Waals surface area contributed by atoms with Crippen molar-refractivity contribution in [2.24, 2.45) is 5.73 Å². The number of aliphatic hydroxyl groups excluding tert-OH is 2. The lowest BCUT2D eigenvalue weighted by Crippen LogP contribution is -2.53. The van der Waals surface area contributed by atoms with Crippen molar-refractivity contribution in [3.63, 3.8) is 0 Å². The fraction of sp³-hybridized carbons (Fsp3) is 0.481. The Morgan fingerprint density at radius 2 is 1.72 bits per heavy atom. The summed E-state index contributed by atoms with van der Waals surface area (Å²) in [7, 11) is 1.28. The summed E-state index contributed by atoms with van der Waals surface area (Å²) in [6.07, 6.45) is -5.78. The van der Waals surface area contributed by atoms with Crippen LogP contribution in [-0.4, -0.2) is 85.6 Å². The molecule has 7 atom stereocenters. The van der Waals surface area contributed by atoms with Crippen LogP contribution in [0.3, 0.4) is 0 Å². The zero-order valence-corrected chi connectivity index (χ0v) is 21.5. The summed E-state index contributed by atoms with van der Waals surface area (Å²) >= 11 is 0. The number of hydrogen-bond donors (Lipinski definition) is 7. The van der Waals surface area contributed by atoms with Gasteiger partial charge in [-0.05, 0) is 26.0 Å². The Morgan fingerprint density at radius 3 is 2.33 bits per heavy atom. The number of methoxy groups -OCH3 is 1. The lowest BCUT2D eigenvalue weighted by Gasteiger charge is -2.43. The molecule has 2 aromatic carbocycles. The number of carbonyl (C=O) groups excluding carboxylic acids is 2. The molecule has 1 fully saturated rings. The third-order valence-electron chi connectivity index (χ3n) is 8.05. The summed E-state index contributed by atoms with van der Waals surface area (Å²) in [6.45, 7) is 2.95. The minimum Gasteiger partial charge on any atom is -0.507 e. The molecule has 1 aliphatic heterocycles. The van der Waals surface area contributed by atoms with Gasteiger partial charge in [0.05, 0.1) is 59.4 Å². The van der Waals surface area contributed by atoms with E-state index >= 15 is 0 Å². The standard InChI is InChI=1S/C27H31NO11/c1-9-22(31)12(28)6-16(38-9)39-15-8-27(36,10(2)29)7-11-17(15)24(33)21-20(23(11)32)25(34)18-13(30)4-5-14(37-3)19(18)26(21)35/h4-5,9-10,12,15-16,22,29-33,36H,6-8,28H2,1-3H3/t9?,10?,12?,15-,16?,22?,27-/m0/s1. The summed E-state index contributed by atoms with van der Waals surface area (Å²) in [6, 6.07) is 1.78. The van der Waals surface area contributed by atoms with Gasteiger partial charge >= 0.3 is 0 Å². The topological polar surface area (TPSA) is 209 Å². The average Bonchev–Trinajstić information content (AvgIpc) is 2.87. The number of carbonyl (C=O) groups is 2. The Morgan fingerprint density at radius 1 is 1.08 bits per heavy atom. The second-order valence-electron chi connectivity index (χ2n) is 10.5. The highest BCUT2D eigenvalue weighted by molar-refractivity contribution is 6.32. The minimum absolute atomic E-state index is 0.0168. The van der Waals surface area contributed by atoms with Crippen LogP contribution in [0.25, 0.3) is 0 Å². The zero-order chi connectivity index (χ0) is 28.5. The molecule has 0 spiro atoms. The van der Waals surface area contributed by atoms with E-state index in [4.69, 9.17) is 19.9 Å². The molecule has 39 heavy (non-hydrogen) atoms. The van der Waals surface area contributed by atoms with Gasteiger partial charge < -0.3 is 50.6 Å². The van der Waals surface area contributed by atoms with Gasteiger partial charge in [0.1, 0.15) is 23.0 Å². The van der Waals surface area contributed by atoms with E-state index in [-0.39, 0.29) is 41.7 Å². The number of phenols is 3. The summed E-state index contributed by atoms with van der Waals surface area (Å²) < 4.78 is 17.0. The molecule has 2 aliphatic carbocycles. The summed E-state index contributed by atoms with van der Waals surface area (Å²) in [5, 5.41) is 65.1. The van der Waals surface area contributed by atoms with Gasteiger partial charge in [-0.1, -0.05) is 0 Å². The quantitative estimate of drug-likeness (QED) is 0.224. The normalized spacial score (nSPS) is 30.8. The molecule has 12 nitrogen and oxygen atoms in total. The van der Waals surface area contributed by atoms with Gasteiger partial charge in [-0.25, -0.2) is 0 Å². The molecule has 0 amide bonds. The van der Waals surface area contributed by atoms with Crippen LogP contribution in [0.5, 0.6) is 23.0 Å². The molecule has 12 heteroatoms. The Bertz CT molecular complexity index is 1360. The highest BCUT2D eigenvalue weighted by Crippen LogP contribution is 2.53. The maximum atomic E-state index is 13.7. The van der Waals surface area contributed by atoms with Gasteiger partial charge in [-0.15, -0.1) is 0 Å². The molecule has 2 aromatic rings. The van der Waals surface area contributed by atoms with Crippen molar-refractivity contribution in [1.29, 1.82) is 0 Å². The van der Waals surface area contributed by atoms with Gasteiger partial charge in [0.25, 0.3) is 0 Å². The largest absolute Gasteiger partial charge is 0.507 e. The number of ketones is 2. The van der Waals surface area contributed by atoms with E-state index in [1.54, 1.807) is 6.92 Å². The second kappa shape index (κ2) is 9.44. The van der Waals surface area contributed by atoms with Gasteiger partial charge in [-0.3, -0.25) is 9.59 Å². The van der Waals surface area contributed by atoms with E-state index in [2.05, 4.69) is 0 Å². The van der Waals surface area contributed by atoms with Gasteiger partial charge in [-0.2, -0.15) is 0 Å². The van der Waals surface area contributed by atoms with Crippen LogP contribution in [-0.2, 0) is 15.9 Å². The molecule has 3 aliphatic rings. The van der Waals surface area contributed by atoms with Crippen molar-refractivity contribution in [2.75, 3.05) is 7.11 Å². The van der Waals surface area contributed by atoms with Crippen molar-refractivity contribution in [3.8, 4) is 23.0 Å².